The maximum absolute atomic E-state index is 12.8. The summed E-state index contributed by atoms with van der Waals surface area (Å²) < 4.78 is 5.40. The van der Waals surface area contributed by atoms with Gasteiger partial charge in [-0.2, -0.15) is 0 Å². The van der Waals surface area contributed by atoms with Crippen LogP contribution in [0.25, 0.3) is 0 Å². The number of halogens is 2. The molecule has 1 heterocycles. The molecular weight excluding hydrogens is 361 g/mol. The molecule has 0 bridgehead atoms. The van der Waals surface area contributed by atoms with Gasteiger partial charge in [0, 0.05) is 44.7 Å². The molecule has 2 rings (SSSR count). The van der Waals surface area contributed by atoms with Crippen molar-refractivity contribution in [2.24, 2.45) is 11.7 Å². The summed E-state index contributed by atoms with van der Waals surface area (Å²) in [6, 6.07) is 10.3. The Hall–Kier alpha value is -0.850. The smallest absolute Gasteiger partial charge is 0.227 e. The highest BCUT2D eigenvalue weighted by atomic mass is 35.5. The SMILES string of the molecule is CC(CN)C(=O)N(Cc1ccccc1)C(C)CN1CCOCC1.Cl.Cl. The van der Waals surface area contributed by atoms with Crippen LogP contribution >= 0.6 is 24.8 Å². The number of nitrogens with zero attached hydrogens (tertiary/aromatic N) is 2. The van der Waals surface area contributed by atoms with Gasteiger partial charge in [0.2, 0.25) is 5.91 Å². The highest BCUT2D eigenvalue weighted by molar-refractivity contribution is 5.85. The summed E-state index contributed by atoms with van der Waals surface area (Å²) in [7, 11) is 0. The molecule has 1 aliphatic rings. The molecule has 0 radical (unpaired) electrons. The third-order valence-electron chi connectivity index (χ3n) is 4.41. The number of carbonyl (C=O) groups is 1. The van der Waals surface area contributed by atoms with E-state index in [1.807, 2.05) is 30.0 Å². The summed E-state index contributed by atoms with van der Waals surface area (Å²) in [6.45, 7) is 9.34. The zero-order chi connectivity index (χ0) is 16.7. The predicted octanol–water partition coefficient (Wildman–Crippen LogP) is 2.17. The van der Waals surface area contributed by atoms with Gasteiger partial charge in [-0.15, -0.1) is 24.8 Å². The fraction of sp³-hybridized carbons (Fsp3) is 0.611. The molecule has 1 aromatic rings. The Morgan fingerprint density at radius 1 is 1.20 bits per heavy atom. The summed E-state index contributed by atoms with van der Waals surface area (Å²) in [5.41, 5.74) is 6.87. The van der Waals surface area contributed by atoms with E-state index >= 15 is 0 Å². The quantitative estimate of drug-likeness (QED) is 0.773. The molecule has 2 N–H and O–H groups in total. The molecule has 1 saturated heterocycles. The highest BCUT2D eigenvalue weighted by Crippen LogP contribution is 2.14. The van der Waals surface area contributed by atoms with E-state index in [9.17, 15) is 4.79 Å². The van der Waals surface area contributed by atoms with E-state index in [1.54, 1.807) is 0 Å². The van der Waals surface area contributed by atoms with Crippen molar-refractivity contribution in [3.63, 3.8) is 0 Å². The fourth-order valence-corrected chi connectivity index (χ4v) is 2.87. The molecule has 7 heteroatoms. The second-order valence-electron chi connectivity index (χ2n) is 6.35. The lowest BCUT2D eigenvalue weighted by Crippen LogP contribution is -2.49. The Morgan fingerprint density at radius 2 is 1.80 bits per heavy atom. The number of carbonyl (C=O) groups excluding carboxylic acids is 1. The number of morpholine rings is 1. The first-order valence-corrected chi connectivity index (χ1v) is 8.46. The van der Waals surface area contributed by atoms with Crippen molar-refractivity contribution in [1.82, 2.24) is 9.80 Å². The Bertz CT molecular complexity index is 484. The number of nitrogens with two attached hydrogens (primary N) is 1. The summed E-state index contributed by atoms with van der Waals surface area (Å²) in [4.78, 5) is 17.1. The van der Waals surface area contributed by atoms with E-state index in [-0.39, 0.29) is 42.7 Å². The molecule has 1 amide bonds. The summed E-state index contributed by atoms with van der Waals surface area (Å²) >= 11 is 0. The lowest BCUT2D eigenvalue weighted by Gasteiger charge is -2.36. The topological polar surface area (TPSA) is 58.8 Å². The zero-order valence-electron chi connectivity index (χ0n) is 15.1. The van der Waals surface area contributed by atoms with E-state index in [0.717, 1.165) is 38.4 Å². The van der Waals surface area contributed by atoms with Crippen molar-refractivity contribution in [3.8, 4) is 0 Å². The number of hydrogen-bond donors (Lipinski definition) is 1. The molecule has 5 nitrogen and oxygen atoms in total. The number of ether oxygens (including phenoxy) is 1. The van der Waals surface area contributed by atoms with Gasteiger partial charge in [0.1, 0.15) is 0 Å². The zero-order valence-corrected chi connectivity index (χ0v) is 16.7. The van der Waals surface area contributed by atoms with Crippen LogP contribution in [0, 0.1) is 5.92 Å². The van der Waals surface area contributed by atoms with Crippen molar-refractivity contribution in [2.45, 2.75) is 26.4 Å². The van der Waals surface area contributed by atoms with E-state index in [4.69, 9.17) is 10.5 Å². The Labute approximate surface area is 163 Å². The third-order valence-corrected chi connectivity index (χ3v) is 4.41. The maximum Gasteiger partial charge on any atom is 0.227 e. The van der Waals surface area contributed by atoms with Gasteiger partial charge in [0.15, 0.2) is 0 Å². The number of benzene rings is 1. The highest BCUT2D eigenvalue weighted by Gasteiger charge is 2.26. The van der Waals surface area contributed by atoms with Crippen LogP contribution in [0.4, 0.5) is 0 Å². The minimum absolute atomic E-state index is 0. The van der Waals surface area contributed by atoms with Crippen molar-refractivity contribution in [2.75, 3.05) is 39.4 Å². The number of amides is 1. The first kappa shape index (κ1) is 24.1. The van der Waals surface area contributed by atoms with Gasteiger partial charge in [-0.1, -0.05) is 37.3 Å². The first-order valence-electron chi connectivity index (χ1n) is 8.46. The molecule has 1 aromatic carbocycles. The molecule has 25 heavy (non-hydrogen) atoms. The molecule has 2 atom stereocenters. The molecule has 1 fully saturated rings. The average molecular weight is 392 g/mol. The van der Waals surface area contributed by atoms with Crippen molar-refractivity contribution in [3.05, 3.63) is 35.9 Å². The van der Waals surface area contributed by atoms with Crippen molar-refractivity contribution >= 4 is 30.7 Å². The standard InChI is InChI=1S/C18H29N3O2.2ClH/c1-15(12-19)18(22)21(14-17-6-4-3-5-7-17)16(2)13-20-8-10-23-11-9-20;;/h3-7,15-16H,8-14,19H2,1-2H3;2*1H. The monoisotopic (exact) mass is 391 g/mol. The number of rotatable bonds is 7. The van der Waals surface area contributed by atoms with E-state index in [2.05, 4.69) is 24.0 Å². The normalized spacial score (nSPS) is 16.9. The second-order valence-corrected chi connectivity index (χ2v) is 6.35. The summed E-state index contributed by atoms with van der Waals surface area (Å²) in [6.07, 6.45) is 0. The molecule has 144 valence electrons. The minimum atomic E-state index is -0.147. The Balaban J connectivity index is 0.00000288. The van der Waals surface area contributed by atoms with E-state index < -0.39 is 0 Å². The van der Waals surface area contributed by atoms with Crippen molar-refractivity contribution < 1.29 is 9.53 Å². The van der Waals surface area contributed by atoms with Gasteiger partial charge in [0.05, 0.1) is 13.2 Å². The lowest BCUT2D eigenvalue weighted by molar-refractivity contribution is -0.138. The first-order chi connectivity index (χ1) is 11.1. The van der Waals surface area contributed by atoms with Crippen LogP contribution in [0.3, 0.4) is 0 Å². The third kappa shape index (κ3) is 7.50. The van der Waals surface area contributed by atoms with Gasteiger partial charge in [-0.3, -0.25) is 9.69 Å². The van der Waals surface area contributed by atoms with Crippen LogP contribution < -0.4 is 5.73 Å². The van der Waals surface area contributed by atoms with Gasteiger partial charge >= 0.3 is 0 Å². The summed E-state index contributed by atoms with van der Waals surface area (Å²) in [5.74, 6) is -0.0111. The molecule has 2 unspecified atom stereocenters. The van der Waals surface area contributed by atoms with Gasteiger partial charge in [-0.25, -0.2) is 0 Å². The van der Waals surface area contributed by atoms with Crippen LogP contribution in [0.2, 0.25) is 0 Å². The maximum atomic E-state index is 12.8. The van der Waals surface area contributed by atoms with E-state index in [1.165, 1.54) is 0 Å². The largest absolute Gasteiger partial charge is 0.379 e. The van der Waals surface area contributed by atoms with Crippen LogP contribution in [0.15, 0.2) is 30.3 Å². The summed E-state index contributed by atoms with van der Waals surface area (Å²) in [5, 5.41) is 0. The minimum Gasteiger partial charge on any atom is -0.379 e. The molecule has 0 aromatic heterocycles. The molecule has 1 aliphatic heterocycles. The average Bonchev–Trinajstić information content (AvgIpc) is 2.60. The molecule has 0 aliphatic carbocycles. The molecule has 0 saturated carbocycles. The lowest BCUT2D eigenvalue weighted by atomic mass is 10.1. The van der Waals surface area contributed by atoms with Crippen LogP contribution in [-0.2, 0) is 16.1 Å². The second kappa shape index (κ2) is 12.5. The van der Waals surface area contributed by atoms with Gasteiger partial charge in [0.25, 0.3) is 0 Å². The van der Waals surface area contributed by atoms with Gasteiger partial charge in [-0.05, 0) is 12.5 Å². The predicted molar refractivity (Wildman–Crippen MR) is 106 cm³/mol. The van der Waals surface area contributed by atoms with Gasteiger partial charge < -0.3 is 15.4 Å². The van der Waals surface area contributed by atoms with E-state index in [0.29, 0.717) is 13.1 Å². The number of hydrogen-bond acceptors (Lipinski definition) is 4. The molecular formula is C18H31Cl2N3O2. The Morgan fingerprint density at radius 3 is 2.36 bits per heavy atom. The van der Waals surface area contributed by atoms with Crippen LogP contribution in [0.5, 0.6) is 0 Å². The Kier molecular flexibility index (Phi) is 12.1. The van der Waals surface area contributed by atoms with Crippen LogP contribution in [0.1, 0.15) is 19.4 Å². The van der Waals surface area contributed by atoms with Crippen LogP contribution in [-0.4, -0.2) is 61.1 Å². The fourth-order valence-electron chi connectivity index (χ4n) is 2.87. The molecule has 0 spiro atoms. The van der Waals surface area contributed by atoms with Crippen molar-refractivity contribution in [1.29, 1.82) is 0 Å².